The summed E-state index contributed by atoms with van der Waals surface area (Å²) in [6, 6.07) is 6.28. The van der Waals surface area contributed by atoms with Crippen LogP contribution < -0.4 is 15.4 Å². The van der Waals surface area contributed by atoms with Gasteiger partial charge in [0.1, 0.15) is 5.75 Å². The number of ether oxygens (including phenoxy) is 1. The van der Waals surface area contributed by atoms with Crippen LogP contribution >= 0.6 is 24.0 Å². The van der Waals surface area contributed by atoms with E-state index < -0.39 is 0 Å². The number of nitrogens with one attached hydrogen (secondary N) is 2. The minimum atomic E-state index is 0. The summed E-state index contributed by atoms with van der Waals surface area (Å²) >= 11 is 0. The van der Waals surface area contributed by atoms with Gasteiger partial charge in [0.2, 0.25) is 5.89 Å². The maximum Gasteiger partial charge on any atom is 0.228 e. The molecule has 0 saturated heterocycles. The Morgan fingerprint density at radius 1 is 1.22 bits per heavy atom. The Hall–Kier alpha value is -1.84. The van der Waals surface area contributed by atoms with Crippen LogP contribution in [0.4, 0.5) is 0 Å². The molecular formula is C19H30IN5O2. The molecule has 0 aliphatic heterocycles. The highest BCUT2D eigenvalue weighted by Crippen LogP contribution is 2.19. The molecule has 8 heteroatoms. The molecule has 0 bridgehead atoms. The van der Waals surface area contributed by atoms with Crippen LogP contribution in [0.25, 0.3) is 0 Å². The van der Waals surface area contributed by atoms with Crippen LogP contribution in [-0.2, 0) is 12.8 Å². The predicted octanol–water partition coefficient (Wildman–Crippen LogP) is 3.08. The third-order valence-electron chi connectivity index (χ3n) is 4.03. The Balaban J connectivity index is 0.00000364. The molecule has 0 fully saturated rings. The van der Waals surface area contributed by atoms with Gasteiger partial charge in [0.25, 0.3) is 0 Å². The van der Waals surface area contributed by atoms with Gasteiger partial charge in [0.15, 0.2) is 11.8 Å². The second-order valence-electron chi connectivity index (χ2n) is 6.43. The highest BCUT2D eigenvalue weighted by Gasteiger charge is 2.09. The van der Waals surface area contributed by atoms with Gasteiger partial charge in [-0.05, 0) is 30.5 Å². The van der Waals surface area contributed by atoms with Crippen molar-refractivity contribution in [3.8, 4) is 5.75 Å². The van der Waals surface area contributed by atoms with Crippen molar-refractivity contribution in [1.82, 2.24) is 20.8 Å². The molecular weight excluding hydrogens is 457 g/mol. The molecule has 2 N–H and O–H groups in total. The van der Waals surface area contributed by atoms with Gasteiger partial charge in [-0.2, -0.15) is 4.98 Å². The fourth-order valence-corrected chi connectivity index (χ4v) is 2.46. The van der Waals surface area contributed by atoms with E-state index in [9.17, 15) is 0 Å². The topological polar surface area (TPSA) is 84.6 Å². The predicted molar refractivity (Wildman–Crippen MR) is 118 cm³/mol. The van der Waals surface area contributed by atoms with Gasteiger partial charge in [-0.25, -0.2) is 0 Å². The molecule has 0 spiro atoms. The quantitative estimate of drug-likeness (QED) is 0.338. The minimum Gasteiger partial charge on any atom is -0.496 e. The number of methoxy groups -OCH3 is 1. The van der Waals surface area contributed by atoms with Gasteiger partial charge >= 0.3 is 0 Å². The Morgan fingerprint density at radius 2 is 1.93 bits per heavy atom. The average molecular weight is 487 g/mol. The van der Waals surface area contributed by atoms with Crippen LogP contribution in [0.1, 0.15) is 42.6 Å². The third-order valence-corrected chi connectivity index (χ3v) is 4.03. The fraction of sp³-hybridized carbons (Fsp3) is 0.526. The molecule has 150 valence electrons. The standard InChI is InChI=1S/C19H29N5O2.HI/c1-13(2)18-23-17(26-24-18)9-11-22-19(20-4)21-10-8-15-7-6-14(3)16(12-15)25-5;/h6-7,12-13H,8-11H2,1-5H3,(H2,20,21,22);1H. The van der Waals surface area contributed by atoms with E-state index in [0.29, 0.717) is 18.9 Å². The smallest absolute Gasteiger partial charge is 0.228 e. The Kier molecular flexibility index (Phi) is 10.1. The highest BCUT2D eigenvalue weighted by atomic mass is 127. The second kappa shape index (κ2) is 11.8. The zero-order valence-corrected chi connectivity index (χ0v) is 19.0. The molecule has 0 saturated carbocycles. The average Bonchev–Trinajstić information content (AvgIpc) is 3.11. The fourth-order valence-electron chi connectivity index (χ4n) is 2.46. The van der Waals surface area contributed by atoms with Crippen molar-refractivity contribution in [3.63, 3.8) is 0 Å². The van der Waals surface area contributed by atoms with E-state index in [1.54, 1.807) is 14.2 Å². The first kappa shape index (κ1) is 23.2. The number of benzene rings is 1. The van der Waals surface area contributed by atoms with Gasteiger partial charge in [-0.3, -0.25) is 4.99 Å². The minimum absolute atomic E-state index is 0. The monoisotopic (exact) mass is 487 g/mol. The van der Waals surface area contributed by atoms with E-state index in [0.717, 1.165) is 36.1 Å². The lowest BCUT2D eigenvalue weighted by molar-refractivity contribution is 0.371. The van der Waals surface area contributed by atoms with Gasteiger partial charge < -0.3 is 19.9 Å². The van der Waals surface area contributed by atoms with Crippen LogP contribution in [0.15, 0.2) is 27.7 Å². The summed E-state index contributed by atoms with van der Waals surface area (Å²) in [5, 5.41) is 10.5. The lowest BCUT2D eigenvalue weighted by Gasteiger charge is -2.12. The van der Waals surface area contributed by atoms with E-state index in [1.807, 2.05) is 20.8 Å². The van der Waals surface area contributed by atoms with E-state index in [1.165, 1.54) is 5.56 Å². The summed E-state index contributed by atoms with van der Waals surface area (Å²) in [6.07, 6.45) is 1.55. The van der Waals surface area contributed by atoms with Crippen molar-refractivity contribution in [2.45, 2.75) is 39.5 Å². The molecule has 1 aromatic carbocycles. The van der Waals surface area contributed by atoms with Crippen LogP contribution in [0.3, 0.4) is 0 Å². The number of hydrogen-bond donors (Lipinski definition) is 2. The zero-order chi connectivity index (χ0) is 18.9. The van der Waals surface area contributed by atoms with E-state index in [-0.39, 0.29) is 29.9 Å². The number of aryl methyl sites for hydroxylation is 1. The molecule has 7 nitrogen and oxygen atoms in total. The number of rotatable bonds is 8. The largest absolute Gasteiger partial charge is 0.496 e. The summed E-state index contributed by atoms with van der Waals surface area (Å²) in [5.41, 5.74) is 2.37. The first-order valence-electron chi connectivity index (χ1n) is 8.94. The van der Waals surface area contributed by atoms with Crippen molar-refractivity contribution in [1.29, 1.82) is 0 Å². The lowest BCUT2D eigenvalue weighted by Crippen LogP contribution is -2.39. The summed E-state index contributed by atoms with van der Waals surface area (Å²) in [5.74, 6) is 3.34. The Morgan fingerprint density at radius 3 is 2.52 bits per heavy atom. The van der Waals surface area contributed by atoms with Crippen LogP contribution in [0.2, 0.25) is 0 Å². The number of aliphatic imine (C=N–C) groups is 1. The normalized spacial score (nSPS) is 11.3. The zero-order valence-electron chi connectivity index (χ0n) is 16.7. The number of halogens is 1. The molecule has 0 amide bonds. The SMILES string of the molecule is CN=C(NCCc1ccc(C)c(OC)c1)NCCc1nc(C(C)C)no1.I. The summed E-state index contributed by atoms with van der Waals surface area (Å²) in [6.45, 7) is 7.59. The van der Waals surface area contributed by atoms with Gasteiger partial charge in [0, 0.05) is 32.5 Å². The van der Waals surface area contributed by atoms with Crippen molar-refractivity contribution in [2.24, 2.45) is 4.99 Å². The molecule has 2 aromatic rings. The molecule has 0 aliphatic rings. The van der Waals surface area contributed by atoms with Crippen LogP contribution in [0, 0.1) is 6.92 Å². The number of aromatic nitrogens is 2. The number of guanidine groups is 1. The Labute approximate surface area is 178 Å². The van der Waals surface area contributed by atoms with E-state index in [4.69, 9.17) is 9.26 Å². The van der Waals surface area contributed by atoms with Crippen LogP contribution in [-0.4, -0.2) is 43.3 Å². The molecule has 27 heavy (non-hydrogen) atoms. The maximum absolute atomic E-state index is 5.37. The molecule has 1 heterocycles. The molecule has 1 aromatic heterocycles. The van der Waals surface area contributed by atoms with Gasteiger partial charge in [0.05, 0.1) is 7.11 Å². The Bertz CT molecular complexity index is 731. The lowest BCUT2D eigenvalue weighted by atomic mass is 10.1. The molecule has 0 aliphatic carbocycles. The van der Waals surface area contributed by atoms with E-state index in [2.05, 4.69) is 44.0 Å². The van der Waals surface area contributed by atoms with E-state index >= 15 is 0 Å². The molecule has 0 atom stereocenters. The number of nitrogens with zero attached hydrogens (tertiary/aromatic N) is 3. The molecule has 0 unspecified atom stereocenters. The van der Waals surface area contributed by atoms with Gasteiger partial charge in [-0.1, -0.05) is 31.1 Å². The first-order chi connectivity index (χ1) is 12.5. The second-order valence-corrected chi connectivity index (χ2v) is 6.43. The summed E-state index contributed by atoms with van der Waals surface area (Å²) in [4.78, 5) is 8.60. The maximum atomic E-state index is 5.37. The van der Waals surface area contributed by atoms with Crippen molar-refractivity contribution in [3.05, 3.63) is 41.0 Å². The summed E-state index contributed by atoms with van der Waals surface area (Å²) in [7, 11) is 3.46. The summed E-state index contributed by atoms with van der Waals surface area (Å²) < 4.78 is 10.6. The third kappa shape index (κ3) is 7.36. The molecule has 0 radical (unpaired) electrons. The van der Waals surface area contributed by atoms with Crippen molar-refractivity contribution < 1.29 is 9.26 Å². The van der Waals surface area contributed by atoms with Crippen molar-refractivity contribution in [2.75, 3.05) is 27.2 Å². The molecule has 2 rings (SSSR count). The number of hydrogen-bond acceptors (Lipinski definition) is 5. The first-order valence-corrected chi connectivity index (χ1v) is 8.94. The van der Waals surface area contributed by atoms with Crippen molar-refractivity contribution >= 4 is 29.9 Å². The van der Waals surface area contributed by atoms with Crippen LogP contribution in [0.5, 0.6) is 5.75 Å². The van der Waals surface area contributed by atoms with Gasteiger partial charge in [-0.15, -0.1) is 24.0 Å². The highest BCUT2D eigenvalue weighted by molar-refractivity contribution is 14.0.